The topological polar surface area (TPSA) is 46.6 Å². The van der Waals surface area contributed by atoms with Gasteiger partial charge in [0.2, 0.25) is 5.91 Å². The van der Waals surface area contributed by atoms with Gasteiger partial charge in [0.25, 0.3) is 5.24 Å². The van der Waals surface area contributed by atoms with Crippen molar-refractivity contribution < 1.29 is 14.3 Å². The van der Waals surface area contributed by atoms with Crippen molar-refractivity contribution in [3.63, 3.8) is 0 Å². The Bertz CT molecular complexity index is 650. The number of thioether (sulfide) groups is 1. The largest absolute Gasteiger partial charge is 0.493 e. The fourth-order valence-electron chi connectivity index (χ4n) is 3.81. The Morgan fingerprint density at radius 2 is 1.81 bits per heavy atom. The van der Waals surface area contributed by atoms with Crippen LogP contribution in [0.15, 0.2) is 24.3 Å². The maximum Gasteiger partial charge on any atom is 0.289 e. The molecule has 1 atom stereocenters. The lowest BCUT2D eigenvalue weighted by Crippen LogP contribution is -2.37. The summed E-state index contributed by atoms with van der Waals surface area (Å²) in [5.41, 5.74) is 1.36. The van der Waals surface area contributed by atoms with Gasteiger partial charge in [-0.15, -0.1) is 0 Å². The van der Waals surface area contributed by atoms with Gasteiger partial charge in [0.05, 0.1) is 11.9 Å². The van der Waals surface area contributed by atoms with Crippen molar-refractivity contribution in [2.45, 2.75) is 70.6 Å². The molecule has 0 N–H and O–H groups in total. The number of hydrogen-bond donors (Lipinski definition) is 0. The van der Waals surface area contributed by atoms with Crippen LogP contribution in [0.2, 0.25) is 0 Å². The van der Waals surface area contributed by atoms with Gasteiger partial charge >= 0.3 is 0 Å². The van der Waals surface area contributed by atoms with Gasteiger partial charge in [-0.05, 0) is 50.8 Å². The monoisotopic (exact) mass is 375 g/mol. The van der Waals surface area contributed by atoms with E-state index in [0.717, 1.165) is 29.7 Å². The van der Waals surface area contributed by atoms with Crippen LogP contribution in [0.3, 0.4) is 0 Å². The second-order valence-corrected chi connectivity index (χ2v) is 9.34. The molecule has 2 aliphatic rings. The molecule has 1 heterocycles. The molecule has 142 valence electrons. The normalized spacial score (nSPS) is 22.9. The third-order valence-electron chi connectivity index (χ3n) is 5.46. The standard InChI is InChI=1S/C21H29NO3S/c1-15(2)22-19(23)18(26-20(22)24)13-16-7-9-17(10-8-16)25-14-21(3)11-5-4-6-12-21/h7-10,15,18H,4-6,11-14H2,1-3H3. The maximum atomic E-state index is 12.4. The molecular formula is C21H29NO3S. The number of amides is 2. The highest BCUT2D eigenvalue weighted by molar-refractivity contribution is 8.15. The Kier molecular flexibility index (Phi) is 5.96. The summed E-state index contributed by atoms with van der Waals surface area (Å²) < 4.78 is 6.03. The quantitative estimate of drug-likeness (QED) is 0.698. The zero-order valence-corrected chi connectivity index (χ0v) is 16.8. The number of carbonyl (C=O) groups is 2. The Morgan fingerprint density at radius 3 is 2.38 bits per heavy atom. The molecule has 0 bridgehead atoms. The molecule has 2 fully saturated rings. The Labute approximate surface area is 160 Å². The van der Waals surface area contributed by atoms with Crippen molar-refractivity contribution in [3.05, 3.63) is 29.8 Å². The van der Waals surface area contributed by atoms with E-state index in [9.17, 15) is 9.59 Å². The van der Waals surface area contributed by atoms with E-state index in [0.29, 0.717) is 11.8 Å². The molecule has 0 radical (unpaired) electrons. The van der Waals surface area contributed by atoms with Crippen molar-refractivity contribution in [1.29, 1.82) is 0 Å². The number of nitrogens with zero attached hydrogens (tertiary/aromatic N) is 1. The average Bonchev–Trinajstić information content (AvgIpc) is 2.88. The lowest BCUT2D eigenvalue weighted by molar-refractivity contribution is -0.127. The zero-order chi connectivity index (χ0) is 18.7. The van der Waals surface area contributed by atoms with Gasteiger partial charge in [-0.1, -0.05) is 50.1 Å². The summed E-state index contributed by atoms with van der Waals surface area (Å²) in [5, 5.41) is -0.437. The van der Waals surface area contributed by atoms with Crippen LogP contribution in [0.4, 0.5) is 4.79 Å². The second-order valence-electron chi connectivity index (χ2n) is 8.18. The van der Waals surface area contributed by atoms with Crippen LogP contribution in [-0.4, -0.2) is 33.9 Å². The van der Waals surface area contributed by atoms with Crippen molar-refractivity contribution in [2.24, 2.45) is 5.41 Å². The number of carbonyl (C=O) groups excluding carboxylic acids is 2. The smallest absolute Gasteiger partial charge is 0.289 e. The average molecular weight is 376 g/mol. The Balaban J connectivity index is 1.55. The van der Waals surface area contributed by atoms with Gasteiger partial charge < -0.3 is 4.74 Å². The highest BCUT2D eigenvalue weighted by atomic mass is 32.2. The number of ether oxygens (including phenoxy) is 1. The van der Waals surface area contributed by atoms with E-state index in [-0.39, 0.29) is 22.4 Å². The molecule has 0 spiro atoms. The second kappa shape index (κ2) is 8.03. The summed E-state index contributed by atoms with van der Waals surface area (Å²) in [6.07, 6.45) is 7.02. The van der Waals surface area contributed by atoms with E-state index >= 15 is 0 Å². The third kappa shape index (κ3) is 4.43. The highest BCUT2D eigenvalue weighted by Crippen LogP contribution is 2.36. The molecule has 1 saturated heterocycles. The van der Waals surface area contributed by atoms with Crippen molar-refractivity contribution >= 4 is 22.9 Å². The molecular weight excluding hydrogens is 346 g/mol. The van der Waals surface area contributed by atoms with E-state index in [1.54, 1.807) is 0 Å². The lowest BCUT2D eigenvalue weighted by atomic mass is 9.76. The molecule has 5 heteroatoms. The molecule has 0 aromatic heterocycles. The molecule has 1 aliphatic heterocycles. The first-order valence-electron chi connectivity index (χ1n) is 9.63. The molecule has 4 nitrogen and oxygen atoms in total. The predicted octanol–water partition coefficient (Wildman–Crippen LogP) is 5.05. The van der Waals surface area contributed by atoms with Crippen molar-refractivity contribution in [3.8, 4) is 5.75 Å². The van der Waals surface area contributed by atoms with Gasteiger partial charge in [-0.2, -0.15) is 0 Å². The molecule has 26 heavy (non-hydrogen) atoms. The minimum atomic E-state index is -0.308. The van der Waals surface area contributed by atoms with Gasteiger partial charge in [-0.3, -0.25) is 14.5 Å². The predicted molar refractivity (Wildman–Crippen MR) is 106 cm³/mol. The molecule has 1 aromatic carbocycles. The maximum absolute atomic E-state index is 12.4. The van der Waals surface area contributed by atoms with Crippen LogP contribution in [0.1, 0.15) is 58.4 Å². The molecule has 3 rings (SSSR count). The summed E-state index contributed by atoms with van der Waals surface area (Å²) in [6, 6.07) is 7.90. The fourth-order valence-corrected chi connectivity index (χ4v) is 4.96. The van der Waals surface area contributed by atoms with E-state index in [1.165, 1.54) is 37.0 Å². The SMILES string of the molecule is CC(C)N1C(=O)SC(Cc2ccc(OCC3(C)CCCCC3)cc2)C1=O. The summed E-state index contributed by atoms with van der Waals surface area (Å²) in [6.45, 7) is 6.83. The van der Waals surface area contributed by atoms with Gasteiger partial charge in [0.1, 0.15) is 5.75 Å². The van der Waals surface area contributed by atoms with E-state index < -0.39 is 0 Å². The van der Waals surface area contributed by atoms with Crippen LogP contribution in [-0.2, 0) is 11.2 Å². The van der Waals surface area contributed by atoms with Crippen LogP contribution >= 0.6 is 11.8 Å². The summed E-state index contributed by atoms with van der Waals surface area (Å²) in [4.78, 5) is 25.8. The fraction of sp³-hybridized carbons (Fsp3) is 0.619. The van der Waals surface area contributed by atoms with Gasteiger partial charge in [0.15, 0.2) is 0 Å². The first-order chi connectivity index (χ1) is 12.4. The van der Waals surface area contributed by atoms with Gasteiger partial charge in [-0.25, -0.2) is 0 Å². The molecule has 2 amide bonds. The third-order valence-corrected chi connectivity index (χ3v) is 6.51. The highest BCUT2D eigenvalue weighted by Gasteiger charge is 2.40. The number of benzene rings is 1. The Morgan fingerprint density at radius 1 is 1.15 bits per heavy atom. The Hall–Kier alpha value is -1.49. The zero-order valence-electron chi connectivity index (χ0n) is 16.0. The summed E-state index contributed by atoms with van der Waals surface area (Å²) >= 11 is 1.14. The number of hydrogen-bond acceptors (Lipinski definition) is 4. The first kappa shape index (κ1) is 19.3. The minimum Gasteiger partial charge on any atom is -0.493 e. The van der Waals surface area contributed by atoms with Gasteiger partial charge in [0, 0.05) is 11.5 Å². The van der Waals surface area contributed by atoms with Crippen molar-refractivity contribution in [1.82, 2.24) is 4.90 Å². The first-order valence-corrected chi connectivity index (χ1v) is 10.5. The van der Waals surface area contributed by atoms with Crippen molar-refractivity contribution in [2.75, 3.05) is 6.61 Å². The summed E-state index contributed by atoms with van der Waals surface area (Å²) in [5.74, 6) is 0.811. The molecule has 1 saturated carbocycles. The van der Waals surface area contributed by atoms with Crippen LogP contribution < -0.4 is 4.74 Å². The molecule has 1 aliphatic carbocycles. The van der Waals surface area contributed by atoms with Crippen LogP contribution in [0.25, 0.3) is 0 Å². The lowest BCUT2D eigenvalue weighted by Gasteiger charge is -2.33. The molecule has 1 aromatic rings. The minimum absolute atomic E-state index is 0.0689. The summed E-state index contributed by atoms with van der Waals surface area (Å²) in [7, 11) is 0. The number of rotatable bonds is 6. The number of imide groups is 1. The van der Waals surface area contributed by atoms with E-state index in [1.807, 2.05) is 38.1 Å². The van der Waals surface area contributed by atoms with E-state index in [2.05, 4.69) is 6.92 Å². The van der Waals surface area contributed by atoms with Crippen LogP contribution in [0, 0.1) is 5.41 Å². The van der Waals surface area contributed by atoms with E-state index in [4.69, 9.17) is 4.74 Å². The molecule has 1 unspecified atom stereocenters. The van der Waals surface area contributed by atoms with Crippen LogP contribution in [0.5, 0.6) is 5.75 Å².